The lowest BCUT2D eigenvalue weighted by atomic mass is 9.99. The molecule has 0 radical (unpaired) electrons. The lowest BCUT2D eigenvalue weighted by molar-refractivity contribution is -0.147. The van der Waals surface area contributed by atoms with Crippen LogP contribution < -0.4 is 5.32 Å². The van der Waals surface area contributed by atoms with Crippen LogP contribution >= 0.6 is 0 Å². The van der Waals surface area contributed by atoms with Crippen LogP contribution in [0.3, 0.4) is 0 Å². The van der Waals surface area contributed by atoms with Crippen molar-refractivity contribution in [1.82, 2.24) is 5.32 Å². The number of alkyl carbamates (subject to hydrolysis) is 1. The number of hydrogen-bond acceptors (Lipinski definition) is 5. The molecular weight excluding hydrogens is 286 g/mol. The SMILES string of the molecule is CCCCCCOC(=O)C(NC(=O)OCCOC)C(C)CC. The monoisotopic (exact) mass is 317 g/mol. The predicted octanol–water partition coefficient (Wildman–Crippen LogP) is 2.90. The summed E-state index contributed by atoms with van der Waals surface area (Å²) in [5.74, 6) is -0.410. The minimum atomic E-state index is -0.675. The maximum absolute atomic E-state index is 12.1. The van der Waals surface area contributed by atoms with Crippen LogP contribution in [-0.2, 0) is 19.0 Å². The Morgan fingerprint density at radius 1 is 1.00 bits per heavy atom. The van der Waals surface area contributed by atoms with Crippen LogP contribution in [0, 0.1) is 5.92 Å². The first-order valence-corrected chi connectivity index (χ1v) is 8.15. The van der Waals surface area contributed by atoms with Gasteiger partial charge in [0, 0.05) is 7.11 Å². The number of nitrogens with one attached hydrogen (secondary N) is 1. The van der Waals surface area contributed by atoms with Gasteiger partial charge in [0.15, 0.2) is 0 Å². The number of carbonyl (C=O) groups is 2. The first kappa shape index (κ1) is 20.7. The molecule has 130 valence electrons. The Labute approximate surface area is 133 Å². The third-order valence-corrected chi connectivity index (χ3v) is 3.50. The lowest BCUT2D eigenvalue weighted by Gasteiger charge is -2.22. The van der Waals surface area contributed by atoms with Crippen molar-refractivity contribution in [2.24, 2.45) is 5.92 Å². The molecule has 0 aromatic carbocycles. The predicted molar refractivity (Wildman–Crippen MR) is 84.7 cm³/mol. The summed E-state index contributed by atoms with van der Waals surface area (Å²) in [7, 11) is 1.53. The molecule has 0 aliphatic carbocycles. The average Bonchev–Trinajstić information content (AvgIpc) is 2.51. The molecule has 1 amide bonds. The fourth-order valence-corrected chi connectivity index (χ4v) is 1.85. The van der Waals surface area contributed by atoms with Crippen molar-refractivity contribution in [3.8, 4) is 0 Å². The number of unbranched alkanes of at least 4 members (excludes halogenated alkanes) is 3. The molecule has 2 atom stereocenters. The van der Waals surface area contributed by atoms with Crippen molar-refractivity contribution in [2.45, 2.75) is 58.9 Å². The van der Waals surface area contributed by atoms with E-state index in [0.29, 0.717) is 13.2 Å². The summed E-state index contributed by atoms with van der Waals surface area (Å²) < 4.78 is 15.0. The number of ether oxygens (including phenoxy) is 3. The first-order valence-electron chi connectivity index (χ1n) is 8.15. The number of rotatable bonds is 12. The standard InChI is InChI=1S/C16H31NO5/c1-5-7-8-9-10-21-15(18)14(13(3)6-2)17-16(19)22-12-11-20-4/h13-14H,5-12H2,1-4H3,(H,17,19). The highest BCUT2D eigenvalue weighted by Crippen LogP contribution is 2.10. The van der Waals surface area contributed by atoms with Crippen LogP contribution in [0.15, 0.2) is 0 Å². The Balaban J connectivity index is 4.25. The quantitative estimate of drug-likeness (QED) is 0.442. The van der Waals surface area contributed by atoms with E-state index in [2.05, 4.69) is 12.2 Å². The molecule has 0 aliphatic heterocycles. The summed E-state index contributed by atoms with van der Waals surface area (Å²) in [6, 6.07) is -0.675. The van der Waals surface area contributed by atoms with E-state index >= 15 is 0 Å². The van der Waals surface area contributed by atoms with Crippen LogP contribution in [0.25, 0.3) is 0 Å². The summed E-state index contributed by atoms with van der Waals surface area (Å²) >= 11 is 0. The Kier molecular flexibility index (Phi) is 12.6. The largest absolute Gasteiger partial charge is 0.464 e. The first-order chi connectivity index (χ1) is 10.6. The molecule has 6 nitrogen and oxygen atoms in total. The molecular formula is C16H31NO5. The second-order valence-electron chi connectivity index (χ2n) is 5.36. The Morgan fingerprint density at radius 2 is 1.73 bits per heavy atom. The molecule has 0 bridgehead atoms. The van der Waals surface area contributed by atoms with Crippen molar-refractivity contribution >= 4 is 12.1 Å². The van der Waals surface area contributed by atoms with Gasteiger partial charge in [0.05, 0.1) is 13.2 Å². The second kappa shape index (κ2) is 13.4. The van der Waals surface area contributed by atoms with Crippen LogP contribution in [-0.4, -0.2) is 45.0 Å². The third kappa shape index (κ3) is 9.60. The molecule has 0 rings (SSSR count). The van der Waals surface area contributed by atoms with Gasteiger partial charge in [0.25, 0.3) is 0 Å². The van der Waals surface area contributed by atoms with Gasteiger partial charge in [-0.2, -0.15) is 0 Å². The minimum absolute atomic E-state index is 0.0156. The molecule has 0 saturated carbocycles. The van der Waals surface area contributed by atoms with Gasteiger partial charge in [0.1, 0.15) is 12.6 Å². The highest BCUT2D eigenvalue weighted by Gasteiger charge is 2.27. The molecule has 22 heavy (non-hydrogen) atoms. The fourth-order valence-electron chi connectivity index (χ4n) is 1.85. The van der Waals surface area contributed by atoms with E-state index in [1.54, 1.807) is 0 Å². The smallest absolute Gasteiger partial charge is 0.407 e. The van der Waals surface area contributed by atoms with Crippen LogP contribution in [0.2, 0.25) is 0 Å². The van der Waals surface area contributed by atoms with Gasteiger partial charge in [-0.15, -0.1) is 0 Å². The van der Waals surface area contributed by atoms with Crippen molar-refractivity contribution in [1.29, 1.82) is 0 Å². The van der Waals surface area contributed by atoms with E-state index in [9.17, 15) is 9.59 Å². The molecule has 1 N–H and O–H groups in total. The van der Waals surface area contributed by atoms with Crippen LogP contribution in [0.5, 0.6) is 0 Å². The summed E-state index contributed by atoms with van der Waals surface area (Å²) in [5, 5.41) is 2.59. The topological polar surface area (TPSA) is 73.9 Å². The molecule has 0 aromatic heterocycles. The zero-order chi connectivity index (χ0) is 16.8. The molecule has 6 heteroatoms. The summed E-state index contributed by atoms with van der Waals surface area (Å²) in [6.45, 7) is 6.86. The summed E-state index contributed by atoms with van der Waals surface area (Å²) in [5.41, 5.74) is 0. The molecule has 2 unspecified atom stereocenters. The average molecular weight is 317 g/mol. The minimum Gasteiger partial charge on any atom is -0.464 e. The maximum Gasteiger partial charge on any atom is 0.407 e. The number of esters is 1. The number of amides is 1. The molecule has 0 spiro atoms. The third-order valence-electron chi connectivity index (χ3n) is 3.50. The lowest BCUT2D eigenvalue weighted by Crippen LogP contribution is -2.46. The number of hydrogen-bond donors (Lipinski definition) is 1. The van der Waals surface area contributed by atoms with Crippen molar-refractivity contribution in [2.75, 3.05) is 26.9 Å². The Morgan fingerprint density at radius 3 is 2.32 bits per heavy atom. The summed E-state index contributed by atoms with van der Waals surface area (Å²) in [6.07, 6.45) is 4.31. The van der Waals surface area contributed by atoms with Gasteiger partial charge in [-0.25, -0.2) is 9.59 Å². The molecule has 0 saturated heterocycles. The van der Waals surface area contributed by atoms with E-state index in [1.807, 2.05) is 13.8 Å². The second-order valence-corrected chi connectivity index (χ2v) is 5.36. The highest BCUT2D eigenvalue weighted by atomic mass is 16.6. The highest BCUT2D eigenvalue weighted by molar-refractivity contribution is 5.81. The van der Waals surface area contributed by atoms with Crippen LogP contribution in [0.1, 0.15) is 52.9 Å². The van der Waals surface area contributed by atoms with E-state index in [1.165, 1.54) is 7.11 Å². The van der Waals surface area contributed by atoms with Crippen molar-refractivity contribution in [3.05, 3.63) is 0 Å². The van der Waals surface area contributed by atoms with Gasteiger partial charge < -0.3 is 19.5 Å². The zero-order valence-corrected chi connectivity index (χ0v) is 14.4. The Hall–Kier alpha value is -1.30. The van der Waals surface area contributed by atoms with Crippen LogP contribution in [0.4, 0.5) is 4.79 Å². The van der Waals surface area contributed by atoms with E-state index in [4.69, 9.17) is 14.2 Å². The van der Waals surface area contributed by atoms with Gasteiger partial charge >= 0.3 is 12.1 Å². The van der Waals surface area contributed by atoms with Gasteiger partial charge in [0.2, 0.25) is 0 Å². The fraction of sp³-hybridized carbons (Fsp3) is 0.875. The molecule has 0 heterocycles. The molecule has 0 aromatic rings. The van der Waals surface area contributed by atoms with E-state index < -0.39 is 18.1 Å². The van der Waals surface area contributed by atoms with Crippen molar-refractivity contribution in [3.63, 3.8) is 0 Å². The number of methoxy groups -OCH3 is 1. The zero-order valence-electron chi connectivity index (χ0n) is 14.4. The van der Waals surface area contributed by atoms with Gasteiger partial charge in [-0.1, -0.05) is 46.5 Å². The molecule has 0 fully saturated rings. The normalized spacial score (nSPS) is 13.3. The van der Waals surface area contributed by atoms with Crippen molar-refractivity contribution < 1.29 is 23.8 Å². The van der Waals surface area contributed by atoms with E-state index in [0.717, 1.165) is 32.1 Å². The van der Waals surface area contributed by atoms with Gasteiger partial charge in [-0.05, 0) is 12.3 Å². The van der Waals surface area contributed by atoms with Gasteiger partial charge in [-0.3, -0.25) is 0 Å². The van der Waals surface area contributed by atoms with E-state index in [-0.39, 0.29) is 12.5 Å². The summed E-state index contributed by atoms with van der Waals surface area (Å²) in [4.78, 5) is 23.8. The maximum atomic E-state index is 12.1. The Bertz CT molecular complexity index is 309. The molecule has 0 aliphatic rings. The number of carbonyl (C=O) groups excluding carboxylic acids is 2.